The van der Waals surface area contributed by atoms with Crippen molar-refractivity contribution in [2.24, 2.45) is 5.73 Å². The molecule has 140 valence electrons. The molecule has 2 rings (SSSR count). The van der Waals surface area contributed by atoms with Crippen molar-refractivity contribution in [1.82, 2.24) is 4.90 Å². The SMILES string of the molecule is Cc1cccc(C)c1NC(=O)CN(C)C(=O)C(C)(N)c1ccccc1.Cl. The Morgan fingerprint density at radius 1 is 1.04 bits per heavy atom. The van der Waals surface area contributed by atoms with E-state index in [0.717, 1.165) is 16.8 Å². The Hall–Kier alpha value is -2.37. The van der Waals surface area contributed by atoms with Gasteiger partial charge in [-0.15, -0.1) is 12.4 Å². The van der Waals surface area contributed by atoms with Gasteiger partial charge in [0.05, 0.1) is 6.54 Å². The zero-order valence-corrected chi connectivity index (χ0v) is 16.4. The molecule has 1 atom stereocenters. The fourth-order valence-electron chi connectivity index (χ4n) is 2.78. The minimum absolute atomic E-state index is 0. The van der Waals surface area contributed by atoms with Crippen LogP contribution in [0.5, 0.6) is 0 Å². The first-order chi connectivity index (χ1) is 11.7. The number of amides is 2. The van der Waals surface area contributed by atoms with E-state index in [1.54, 1.807) is 14.0 Å². The molecule has 2 aromatic rings. The van der Waals surface area contributed by atoms with Gasteiger partial charge in [0, 0.05) is 12.7 Å². The van der Waals surface area contributed by atoms with Crippen molar-refractivity contribution in [3.8, 4) is 0 Å². The van der Waals surface area contributed by atoms with Gasteiger partial charge in [0.15, 0.2) is 0 Å². The molecule has 0 bridgehead atoms. The fourth-order valence-corrected chi connectivity index (χ4v) is 2.78. The molecule has 0 saturated heterocycles. The van der Waals surface area contributed by atoms with Crippen molar-refractivity contribution in [2.75, 3.05) is 18.9 Å². The molecule has 6 heteroatoms. The maximum absolute atomic E-state index is 12.7. The molecule has 0 radical (unpaired) electrons. The van der Waals surface area contributed by atoms with E-state index in [0.29, 0.717) is 5.56 Å². The number of nitrogens with zero attached hydrogens (tertiary/aromatic N) is 1. The first-order valence-corrected chi connectivity index (χ1v) is 8.19. The molecule has 2 amide bonds. The summed E-state index contributed by atoms with van der Waals surface area (Å²) in [4.78, 5) is 26.4. The average molecular weight is 376 g/mol. The van der Waals surface area contributed by atoms with Gasteiger partial charge < -0.3 is 16.0 Å². The van der Waals surface area contributed by atoms with Gasteiger partial charge in [-0.2, -0.15) is 0 Å². The molecule has 0 aliphatic heterocycles. The van der Waals surface area contributed by atoms with E-state index in [1.807, 2.05) is 62.4 Å². The van der Waals surface area contributed by atoms with E-state index in [2.05, 4.69) is 5.32 Å². The lowest BCUT2D eigenvalue weighted by Gasteiger charge is -2.29. The van der Waals surface area contributed by atoms with E-state index in [9.17, 15) is 9.59 Å². The molecule has 0 aliphatic rings. The third-order valence-corrected chi connectivity index (χ3v) is 4.29. The lowest BCUT2D eigenvalue weighted by atomic mass is 9.92. The number of benzene rings is 2. The molecule has 0 saturated carbocycles. The maximum Gasteiger partial charge on any atom is 0.247 e. The number of rotatable bonds is 5. The largest absolute Gasteiger partial charge is 0.335 e. The maximum atomic E-state index is 12.7. The Morgan fingerprint density at radius 2 is 1.58 bits per heavy atom. The summed E-state index contributed by atoms with van der Waals surface area (Å²) in [5.74, 6) is -0.563. The predicted octanol–water partition coefficient (Wildman–Crippen LogP) is 3.00. The highest BCUT2D eigenvalue weighted by Crippen LogP contribution is 2.21. The van der Waals surface area contributed by atoms with Gasteiger partial charge in [-0.3, -0.25) is 9.59 Å². The highest BCUT2D eigenvalue weighted by atomic mass is 35.5. The summed E-state index contributed by atoms with van der Waals surface area (Å²) in [7, 11) is 1.58. The Kier molecular flexibility index (Phi) is 7.36. The number of halogens is 1. The number of likely N-dealkylation sites (N-methyl/N-ethyl adjacent to an activating group) is 1. The fraction of sp³-hybridized carbons (Fsp3) is 0.300. The second-order valence-corrected chi connectivity index (χ2v) is 6.54. The quantitative estimate of drug-likeness (QED) is 0.843. The highest BCUT2D eigenvalue weighted by Gasteiger charge is 2.33. The molecule has 1 unspecified atom stereocenters. The Morgan fingerprint density at radius 3 is 2.12 bits per heavy atom. The van der Waals surface area contributed by atoms with Crippen LogP contribution in [0.4, 0.5) is 5.69 Å². The Labute approximate surface area is 161 Å². The van der Waals surface area contributed by atoms with Crippen LogP contribution in [-0.2, 0) is 15.1 Å². The van der Waals surface area contributed by atoms with Gasteiger partial charge in [0.1, 0.15) is 5.54 Å². The summed E-state index contributed by atoms with van der Waals surface area (Å²) in [5.41, 5.74) is 8.51. The summed E-state index contributed by atoms with van der Waals surface area (Å²) >= 11 is 0. The second-order valence-electron chi connectivity index (χ2n) is 6.54. The molecule has 0 heterocycles. The number of para-hydroxylation sites is 1. The van der Waals surface area contributed by atoms with E-state index >= 15 is 0 Å². The third-order valence-electron chi connectivity index (χ3n) is 4.29. The summed E-state index contributed by atoms with van der Waals surface area (Å²) in [6.07, 6.45) is 0. The molecule has 0 spiro atoms. The van der Waals surface area contributed by atoms with Crippen LogP contribution in [0.2, 0.25) is 0 Å². The van der Waals surface area contributed by atoms with E-state index in [-0.39, 0.29) is 30.8 Å². The summed E-state index contributed by atoms with van der Waals surface area (Å²) in [5, 5.41) is 2.88. The second kappa shape index (κ2) is 8.83. The van der Waals surface area contributed by atoms with Crippen molar-refractivity contribution in [3.63, 3.8) is 0 Å². The van der Waals surface area contributed by atoms with Crippen molar-refractivity contribution in [2.45, 2.75) is 26.3 Å². The minimum Gasteiger partial charge on any atom is -0.335 e. The number of anilines is 1. The van der Waals surface area contributed by atoms with Crippen LogP contribution < -0.4 is 11.1 Å². The third kappa shape index (κ3) is 4.84. The first kappa shape index (κ1) is 21.7. The summed E-state index contributed by atoms with van der Waals surface area (Å²) in [6, 6.07) is 15.0. The molecular weight excluding hydrogens is 350 g/mol. The number of carbonyl (C=O) groups excluding carboxylic acids is 2. The lowest BCUT2D eigenvalue weighted by molar-refractivity contribution is -0.138. The van der Waals surface area contributed by atoms with Crippen LogP contribution >= 0.6 is 12.4 Å². The van der Waals surface area contributed by atoms with Crippen molar-refractivity contribution in [3.05, 3.63) is 65.2 Å². The first-order valence-electron chi connectivity index (χ1n) is 8.19. The molecule has 26 heavy (non-hydrogen) atoms. The Bertz CT molecular complexity index is 756. The van der Waals surface area contributed by atoms with Crippen LogP contribution in [-0.4, -0.2) is 30.3 Å². The number of nitrogens with two attached hydrogens (primary N) is 1. The minimum atomic E-state index is -1.19. The number of carbonyl (C=O) groups is 2. The van der Waals surface area contributed by atoms with Gasteiger partial charge >= 0.3 is 0 Å². The molecule has 0 fully saturated rings. The topological polar surface area (TPSA) is 75.4 Å². The van der Waals surface area contributed by atoms with Gasteiger partial charge in [-0.1, -0.05) is 48.5 Å². The van der Waals surface area contributed by atoms with Gasteiger partial charge in [0.2, 0.25) is 11.8 Å². The smallest absolute Gasteiger partial charge is 0.247 e. The number of hydrogen-bond donors (Lipinski definition) is 2. The van der Waals surface area contributed by atoms with E-state index in [4.69, 9.17) is 5.73 Å². The van der Waals surface area contributed by atoms with Crippen LogP contribution in [0.25, 0.3) is 0 Å². The molecule has 3 N–H and O–H groups in total. The molecule has 5 nitrogen and oxygen atoms in total. The lowest BCUT2D eigenvalue weighted by Crippen LogP contribution is -2.51. The zero-order valence-electron chi connectivity index (χ0n) is 15.6. The average Bonchev–Trinajstić information content (AvgIpc) is 2.58. The summed E-state index contributed by atoms with van der Waals surface area (Å²) in [6.45, 7) is 5.46. The molecule has 0 aromatic heterocycles. The molecular formula is C20H26ClN3O2. The van der Waals surface area contributed by atoms with Crippen LogP contribution in [0.15, 0.2) is 48.5 Å². The van der Waals surface area contributed by atoms with Gasteiger partial charge in [-0.05, 0) is 37.5 Å². The number of hydrogen-bond acceptors (Lipinski definition) is 3. The zero-order chi connectivity index (χ0) is 18.6. The summed E-state index contributed by atoms with van der Waals surface area (Å²) < 4.78 is 0. The van der Waals surface area contributed by atoms with E-state index < -0.39 is 5.54 Å². The van der Waals surface area contributed by atoms with E-state index in [1.165, 1.54) is 4.90 Å². The monoisotopic (exact) mass is 375 g/mol. The highest BCUT2D eigenvalue weighted by molar-refractivity contribution is 5.97. The van der Waals surface area contributed by atoms with Gasteiger partial charge in [-0.25, -0.2) is 0 Å². The number of aryl methyl sites for hydroxylation is 2. The Balaban J connectivity index is 0.00000338. The van der Waals surface area contributed by atoms with Crippen molar-refractivity contribution in [1.29, 1.82) is 0 Å². The number of nitrogens with one attached hydrogen (secondary N) is 1. The molecule has 0 aliphatic carbocycles. The molecule has 2 aromatic carbocycles. The standard InChI is InChI=1S/C20H25N3O2.ClH/c1-14-9-8-10-15(2)18(14)22-17(24)13-23(4)19(25)20(3,21)16-11-6-5-7-12-16;/h5-12H,13,21H2,1-4H3,(H,22,24);1H. The van der Waals surface area contributed by atoms with Crippen molar-refractivity contribution < 1.29 is 9.59 Å². The van der Waals surface area contributed by atoms with Crippen LogP contribution in [0, 0.1) is 13.8 Å². The van der Waals surface area contributed by atoms with Gasteiger partial charge in [0.25, 0.3) is 0 Å². The normalized spacial score (nSPS) is 12.5. The van der Waals surface area contributed by atoms with Crippen LogP contribution in [0.1, 0.15) is 23.6 Å². The van der Waals surface area contributed by atoms with Crippen molar-refractivity contribution >= 4 is 29.9 Å². The van der Waals surface area contributed by atoms with Crippen LogP contribution in [0.3, 0.4) is 0 Å². The predicted molar refractivity (Wildman–Crippen MR) is 107 cm³/mol.